The second-order valence-corrected chi connectivity index (χ2v) is 4.45. The Morgan fingerprint density at radius 2 is 2.12 bits per heavy atom. The normalized spacial score (nSPS) is 10.2. The lowest BCUT2D eigenvalue weighted by Gasteiger charge is -2.22. The average Bonchev–Trinajstić information content (AvgIpc) is 2.32. The summed E-state index contributed by atoms with van der Waals surface area (Å²) in [6, 6.07) is 4.00. The summed E-state index contributed by atoms with van der Waals surface area (Å²) in [5, 5.41) is 0. The van der Waals surface area contributed by atoms with Crippen molar-refractivity contribution in [2.45, 2.75) is 26.7 Å². The highest BCUT2D eigenvalue weighted by Crippen LogP contribution is 2.25. The number of rotatable bonds is 6. The molecule has 4 heteroatoms. The fourth-order valence-electron chi connectivity index (χ4n) is 1.52. The first-order chi connectivity index (χ1) is 7.72. The van der Waals surface area contributed by atoms with Crippen LogP contribution >= 0.6 is 15.9 Å². The Balaban J connectivity index is 2.83. The van der Waals surface area contributed by atoms with E-state index in [0.717, 1.165) is 23.4 Å². The number of halogens is 1. The lowest BCUT2D eigenvalue weighted by atomic mass is 10.3. The summed E-state index contributed by atoms with van der Waals surface area (Å²) in [7, 11) is 1.64. The van der Waals surface area contributed by atoms with E-state index in [9.17, 15) is 0 Å². The largest absolute Gasteiger partial charge is 0.480 e. The van der Waals surface area contributed by atoms with E-state index in [2.05, 4.69) is 39.7 Å². The van der Waals surface area contributed by atoms with Crippen LogP contribution in [0.2, 0.25) is 0 Å². The molecular formula is C12H19BrN2O. The number of unbranched alkanes of at least 4 members (excludes halogenated alkanes) is 1. The number of anilines is 1. The lowest BCUT2D eigenvalue weighted by molar-refractivity contribution is 0.395. The number of ether oxygens (including phenoxy) is 1. The zero-order valence-electron chi connectivity index (χ0n) is 10.2. The molecule has 1 heterocycles. The van der Waals surface area contributed by atoms with Crippen LogP contribution in [0.1, 0.15) is 26.7 Å². The Morgan fingerprint density at radius 3 is 2.69 bits per heavy atom. The number of aromatic nitrogens is 1. The summed E-state index contributed by atoms with van der Waals surface area (Å²) in [4.78, 5) is 6.73. The molecule has 1 rings (SSSR count). The van der Waals surface area contributed by atoms with Crippen LogP contribution in [0.3, 0.4) is 0 Å². The first-order valence-electron chi connectivity index (χ1n) is 5.68. The van der Waals surface area contributed by atoms with E-state index in [4.69, 9.17) is 4.74 Å². The third-order valence-corrected chi connectivity index (χ3v) is 3.08. The summed E-state index contributed by atoms with van der Waals surface area (Å²) >= 11 is 3.41. The zero-order valence-corrected chi connectivity index (χ0v) is 11.7. The van der Waals surface area contributed by atoms with Crippen LogP contribution in [-0.4, -0.2) is 25.2 Å². The van der Waals surface area contributed by atoms with Gasteiger partial charge in [-0.05, 0) is 41.4 Å². The van der Waals surface area contributed by atoms with E-state index in [1.54, 1.807) is 7.11 Å². The minimum absolute atomic E-state index is 0.646. The van der Waals surface area contributed by atoms with E-state index >= 15 is 0 Å². The standard InChI is InChI=1S/C12H19BrN2O/c1-4-6-9-15(5-2)11-8-7-10(13)12(14-11)16-3/h7-8H,4-6,9H2,1-3H3. The highest BCUT2D eigenvalue weighted by molar-refractivity contribution is 9.10. The molecule has 0 bridgehead atoms. The Bertz CT molecular complexity index is 331. The molecule has 0 fully saturated rings. The van der Waals surface area contributed by atoms with Crippen LogP contribution in [-0.2, 0) is 0 Å². The van der Waals surface area contributed by atoms with Gasteiger partial charge in [0, 0.05) is 13.1 Å². The predicted molar refractivity (Wildman–Crippen MR) is 71.3 cm³/mol. The van der Waals surface area contributed by atoms with Crippen molar-refractivity contribution in [1.29, 1.82) is 0 Å². The van der Waals surface area contributed by atoms with Gasteiger partial charge in [-0.25, -0.2) is 0 Å². The van der Waals surface area contributed by atoms with Gasteiger partial charge in [0.2, 0.25) is 5.88 Å². The van der Waals surface area contributed by atoms with E-state index in [1.807, 2.05) is 12.1 Å². The van der Waals surface area contributed by atoms with Crippen molar-refractivity contribution in [2.75, 3.05) is 25.1 Å². The molecular weight excluding hydrogens is 268 g/mol. The summed E-state index contributed by atoms with van der Waals surface area (Å²) in [5.74, 6) is 1.63. The maximum Gasteiger partial charge on any atom is 0.229 e. The van der Waals surface area contributed by atoms with E-state index in [-0.39, 0.29) is 0 Å². The van der Waals surface area contributed by atoms with E-state index < -0.39 is 0 Å². The van der Waals surface area contributed by atoms with E-state index in [1.165, 1.54) is 12.8 Å². The maximum absolute atomic E-state index is 5.20. The van der Waals surface area contributed by atoms with Crippen LogP contribution in [0.15, 0.2) is 16.6 Å². The molecule has 0 N–H and O–H groups in total. The first kappa shape index (κ1) is 13.3. The number of pyridine rings is 1. The topological polar surface area (TPSA) is 25.4 Å². The number of hydrogen-bond donors (Lipinski definition) is 0. The maximum atomic E-state index is 5.20. The van der Waals surface area contributed by atoms with Crippen molar-refractivity contribution >= 4 is 21.7 Å². The first-order valence-corrected chi connectivity index (χ1v) is 6.47. The second-order valence-electron chi connectivity index (χ2n) is 3.59. The molecule has 0 spiro atoms. The monoisotopic (exact) mass is 286 g/mol. The molecule has 1 aromatic heterocycles. The molecule has 3 nitrogen and oxygen atoms in total. The number of methoxy groups -OCH3 is 1. The van der Waals surface area contributed by atoms with Crippen LogP contribution in [0.25, 0.3) is 0 Å². The van der Waals surface area contributed by atoms with E-state index in [0.29, 0.717) is 5.88 Å². The summed E-state index contributed by atoms with van der Waals surface area (Å²) < 4.78 is 6.09. The van der Waals surface area contributed by atoms with Crippen molar-refractivity contribution in [1.82, 2.24) is 4.98 Å². The van der Waals surface area contributed by atoms with Crippen LogP contribution in [0.5, 0.6) is 5.88 Å². The van der Waals surface area contributed by atoms with Gasteiger partial charge in [-0.2, -0.15) is 4.98 Å². The zero-order chi connectivity index (χ0) is 12.0. The Kier molecular flexibility index (Phi) is 5.60. The highest BCUT2D eigenvalue weighted by atomic mass is 79.9. The summed E-state index contributed by atoms with van der Waals surface area (Å²) in [5.41, 5.74) is 0. The van der Waals surface area contributed by atoms with Crippen LogP contribution in [0, 0.1) is 0 Å². The van der Waals surface area contributed by atoms with Crippen molar-refractivity contribution in [3.8, 4) is 5.88 Å². The fraction of sp³-hybridized carbons (Fsp3) is 0.583. The van der Waals surface area contributed by atoms with Gasteiger partial charge >= 0.3 is 0 Å². The smallest absolute Gasteiger partial charge is 0.229 e. The molecule has 16 heavy (non-hydrogen) atoms. The molecule has 0 unspecified atom stereocenters. The number of nitrogens with zero attached hydrogens (tertiary/aromatic N) is 2. The molecule has 0 aliphatic carbocycles. The molecule has 0 saturated carbocycles. The van der Waals surface area contributed by atoms with Crippen LogP contribution < -0.4 is 9.64 Å². The van der Waals surface area contributed by atoms with Gasteiger partial charge in [0.15, 0.2) is 0 Å². The van der Waals surface area contributed by atoms with Gasteiger partial charge in [0.25, 0.3) is 0 Å². The van der Waals surface area contributed by atoms with Gasteiger partial charge in [0.05, 0.1) is 11.6 Å². The van der Waals surface area contributed by atoms with Gasteiger partial charge in [0.1, 0.15) is 5.82 Å². The molecule has 0 aliphatic rings. The molecule has 0 radical (unpaired) electrons. The lowest BCUT2D eigenvalue weighted by Crippen LogP contribution is -2.24. The quantitative estimate of drug-likeness (QED) is 0.801. The summed E-state index contributed by atoms with van der Waals surface area (Å²) in [6.45, 7) is 6.36. The molecule has 0 atom stereocenters. The molecule has 0 saturated heterocycles. The second kappa shape index (κ2) is 6.74. The highest BCUT2D eigenvalue weighted by Gasteiger charge is 2.08. The molecule has 0 aliphatic heterocycles. The van der Waals surface area contributed by atoms with Gasteiger partial charge in [-0.3, -0.25) is 0 Å². The Morgan fingerprint density at radius 1 is 1.38 bits per heavy atom. The van der Waals surface area contributed by atoms with Gasteiger partial charge in [-0.15, -0.1) is 0 Å². The molecule has 90 valence electrons. The average molecular weight is 287 g/mol. The van der Waals surface area contributed by atoms with Crippen molar-refractivity contribution in [3.63, 3.8) is 0 Å². The number of hydrogen-bond acceptors (Lipinski definition) is 3. The fourth-order valence-corrected chi connectivity index (χ4v) is 1.90. The van der Waals surface area contributed by atoms with Crippen molar-refractivity contribution < 1.29 is 4.74 Å². The SMILES string of the molecule is CCCCN(CC)c1ccc(Br)c(OC)n1. The van der Waals surface area contributed by atoms with Crippen LogP contribution in [0.4, 0.5) is 5.82 Å². The third-order valence-electron chi connectivity index (χ3n) is 2.48. The predicted octanol–water partition coefficient (Wildman–Crippen LogP) is 3.48. The Hall–Kier alpha value is -0.770. The van der Waals surface area contributed by atoms with Gasteiger partial charge < -0.3 is 9.64 Å². The third kappa shape index (κ3) is 3.37. The minimum Gasteiger partial charge on any atom is -0.480 e. The minimum atomic E-state index is 0.646. The molecule has 1 aromatic rings. The van der Waals surface area contributed by atoms with Crippen molar-refractivity contribution in [3.05, 3.63) is 16.6 Å². The Labute approximate surface area is 106 Å². The summed E-state index contributed by atoms with van der Waals surface area (Å²) in [6.07, 6.45) is 2.39. The molecule has 0 amide bonds. The molecule has 0 aromatic carbocycles. The van der Waals surface area contributed by atoms with Gasteiger partial charge in [-0.1, -0.05) is 13.3 Å². The van der Waals surface area contributed by atoms with Crippen molar-refractivity contribution in [2.24, 2.45) is 0 Å².